The fraction of sp³-hybridized carbons (Fsp3) is 0.0714. The van der Waals surface area contributed by atoms with Crippen molar-refractivity contribution in [2.24, 2.45) is 0 Å². The topological polar surface area (TPSA) is 35.8 Å². The highest BCUT2D eigenvalue weighted by atomic mass is 35.5. The third kappa shape index (κ3) is 2.65. The van der Waals surface area contributed by atoms with Gasteiger partial charge in [0.1, 0.15) is 0 Å². The van der Waals surface area contributed by atoms with Gasteiger partial charge in [0.15, 0.2) is 0 Å². The number of hydrogen-bond acceptors (Lipinski definition) is 2. The lowest BCUT2D eigenvalue weighted by atomic mass is 9.99. The molecule has 2 nitrogen and oxygen atoms in total. The average Bonchev–Trinajstić information content (AvgIpc) is 2.40. The Morgan fingerprint density at radius 1 is 1.06 bits per heavy atom. The molecular formula is C14H11ClN2. The summed E-state index contributed by atoms with van der Waals surface area (Å²) in [5, 5.41) is 9.04. The summed E-state index contributed by atoms with van der Waals surface area (Å²) in [7, 11) is 0. The van der Waals surface area contributed by atoms with Gasteiger partial charge in [-0.2, -0.15) is 5.26 Å². The summed E-state index contributed by atoms with van der Waals surface area (Å²) < 4.78 is 0. The van der Waals surface area contributed by atoms with Gasteiger partial charge in [-0.1, -0.05) is 42.5 Å². The zero-order chi connectivity index (χ0) is 12.1. The van der Waals surface area contributed by atoms with Crippen molar-refractivity contribution in [3.63, 3.8) is 0 Å². The van der Waals surface area contributed by atoms with Gasteiger partial charge in [-0.3, -0.25) is 0 Å². The second kappa shape index (κ2) is 5.49. The molecule has 0 heterocycles. The molecule has 84 valence electrons. The monoisotopic (exact) mass is 242 g/mol. The fourth-order valence-electron chi connectivity index (χ4n) is 1.71. The first-order valence-corrected chi connectivity index (χ1v) is 5.65. The van der Waals surface area contributed by atoms with Crippen molar-refractivity contribution in [3.05, 3.63) is 59.7 Å². The van der Waals surface area contributed by atoms with Crippen LogP contribution in [0.5, 0.6) is 0 Å². The summed E-state index contributed by atoms with van der Waals surface area (Å²) >= 11 is 5.45. The molecule has 0 fully saturated rings. The molecule has 0 spiro atoms. The molecule has 0 radical (unpaired) electrons. The van der Waals surface area contributed by atoms with Gasteiger partial charge in [0.25, 0.3) is 0 Å². The van der Waals surface area contributed by atoms with Crippen molar-refractivity contribution in [3.8, 4) is 17.2 Å². The quantitative estimate of drug-likeness (QED) is 0.837. The van der Waals surface area contributed by atoms with E-state index in [1.807, 2.05) is 48.5 Å². The molecule has 1 N–H and O–H groups in total. The first kappa shape index (κ1) is 11.7. The van der Waals surface area contributed by atoms with E-state index in [0.717, 1.165) is 16.7 Å². The van der Waals surface area contributed by atoms with E-state index in [1.54, 1.807) is 0 Å². The van der Waals surface area contributed by atoms with Crippen LogP contribution in [0.4, 0.5) is 0 Å². The van der Waals surface area contributed by atoms with Crippen molar-refractivity contribution >= 4 is 11.8 Å². The molecule has 3 heteroatoms. The van der Waals surface area contributed by atoms with Crippen LogP contribution < -0.4 is 4.84 Å². The highest BCUT2D eigenvalue weighted by Gasteiger charge is 2.03. The van der Waals surface area contributed by atoms with Gasteiger partial charge in [0.2, 0.25) is 0 Å². The molecule has 0 saturated heterocycles. The molecule has 2 aromatic rings. The fourth-order valence-corrected chi connectivity index (χ4v) is 1.87. The Kier molecular flexibility index (Phi) is 3.77. The molecule has 0 bridgehead atoms. The van der Waals surface area contributed by atoms with Crippen LogP contribution in [0.15, 0.2) is 48.5 Å². The Morgan fingerprint density at radius 2 is 1.76 bits per heavy atom. The minimum atomic E-state index is 0.627. The highest BCUT2D eigenvalue weighted by Crippen LogP contribution is 2.23. The molecule has 0 atom stereocenters. The first-order chi connectivity index (χ1) is 8.35. The van der Waals surface area contributed by atoms with E-state index in [2.05, 4.69) is 10.9 Å². The van der Waals surface area contributed by atoms with Gasteiger partial charge >= 0.3 is 0 Å². The summed E-state index contributed by atoms with van der Waals surface area (Å²) in [6.07, 6.45) is 0. The largest absolute Gasteiger partial charge is 0.229 e. The molecule has 0 saturated carbocycles. The van der Waals surface area contributed by atoms with Crippen molar-refractivity contribution < 1.29 is 0 Å². The van der Waals surface area contributed by atoms with Crippen LogP contribution in [0, 0.1) is 11.3 Å². The molecule has 0 amide bonds. The third-order valence-corrected chi connectivity index (χ3v) is 2.72. The predicted octanol–water partition coefficient (Wildman–Crippen LogP) is 3.47. The first-order valence-electron chi connectivity index (χ1n) is 5.27. The Balaban J connectivity index is 2.37. The van der Waals surface area contributed by atoms with Crippen LogP contribution in [0.25, 0.3) is 11.1 Å². The average molecular weight is 243 g/mol. The van der Waals surface area contributed by atoms with Gasteiger partial charge in [-0.15, -0.1) is 0 Å². The maximum atomic E-state index is 9.04. The van der Waals surface area contributed by atoms with Crippen LogP contribution in [0.3, 0.4) is 0 Å². The summed E-state index contributed by atoms with van der Waals surface area (Å²) in [6, 6.07) is 17.8. The third-order valence-electron chi connectivity index (χ3n) is 2.58. The second-order valence-corrected chi connectivity index (χ2v) is 3.93. The molecular weight excluding hydrogens is 232 g/mol. The number of halogens is 1. The van der Waals surface area contributed by atoms with E-state index in [-0.39, 0.29) is 0 Å². The van der Waals surface area contributed by atoms with Crippen LogP contribution in [0.2, 0.25) is 0 Å². The zero-order valence-corrected chi connectivity index (χ0v) is 9.91. The summed E-state index contributed by atoms with van der Waals surface area (Å²) in [5.41, 5.74) is 3.80. The maximum absolute atomic E-state index is 9.04. The van der Waals surface area contributed by atoms with Crippen molar-refractivity contribution in [1.82, 2.24) is 4.84 Å². The number of nitriles is 1. The van der Waals surface area contributed by atoms with Gasteiger partial charge in [-0.25, -0.2) is 4.84 Å². The van der Waals surface area contributed by atoms with Gasteiger partial charge in [-0.05, 0) is 34.5 Å². The van der Waals surface area contributed by atoms with Gasteiger partial charge < -0.3 is 0 Å². The Morgan fingerprint density at radius 3 is 2.41 bits per heavy atom. The minimum Gasteiger partial charge on any atom is -0.229 e. The molecule has 0 aliphatic carbocycles. The highest BCUT2D eigenvalue weighted by molar-refractivity contribution is 6.13. The zero-order valence-electron chi connectivity index (χ0n) is 9.15. The molecule has 0 aliphatic heterocycles. The minimum absolute atomic E-state index is 0.627. The van der Waals surface area contributed by atoms with Crippen LogP contribution >= 0.6 is 11.8 Å². The van der Waals surface area contributed by atoms with Crippen molar-refractivity contribution in [1.29, 1.82) is 5.26 Å². The van der Waals surface area contributed by atoms with Crippen LogP contribution in [-0.4, -0.2) is 0 Å². The van der Waals surface area contributed by atoms with Crippen LogP contribution in [0.1, 0.15) is 11.1 Å². The molecule has 2 aromatic carbocycles. The Bertz CT molecular complexity index is 541. The number of benzene rings is 2. The van der Waals surface area contributed by atoms with Gasteiger partial charge in [0.05, 0.1) is 11.6 Å². The van der Waals surface area contributed by atoms with E-state index in [4.69, 9.17) is 17.0 Å². The van der Waals surface area contributed by atoms with E-state index in [0.29, 0.717) is 12.1 Å². The van der Waals surface area contributed by atoms with Crippen molar-refractivity contribution in [2.75, 3.05) is 0 Å². The second-order valence-electron chi connectivity index (χ2n) is 3.66. The number of hydrogen-bond donors (Lipinski definition) is 1. The van der Waals surface area contributed by atoms with E-state index >= 15 is 0 Å². The van der Waals surface area contributed by atoms with E-state index in [1.165, 1.54) is 0 Å². The lowest BCUT2D eigenvalue weighted by Crippen LogP contribution is -1.97. The van der Waals surface area contributed by atoms with Crippen LogP contribution in [-0.2, 0) is 6.54 Å². The molecule has 0 aliphatic rings. The number of nitrogens with one attached hydrogen (secondary N) is 1. The summed E-state index contributed by atoms with van der Waals surface area (Å²) in [4.78, 5) is 2.59. The van der Waals surface area contributed by atoms with Crippen molar-refractivity contribution in [2.45, 2.75) is 6.54 Å². The Hall–Kier alpha value is -1.82. The van der Waals surface area contributed by atoms with Gasteiger partial charge in [0, 0.05) is 6.54 Å². The predicted molar refractivity (Wildman–Crippen MR) is 69.3 cm³/mol. The normalized spacial score (nSPS) is 9.88. The number of nitrogens with zero attached hydrogens (tertiary/aromatic N) is 1. The lowest BCUT2D eigenvalue weighted by molar-refractivity contribution is 0.964. The Labute approximate surface area is 106 Å². The lowest BCUT2D eigenvalue weighted by Gasteiger charge is -2.05. The summed E-state index contributed by atoms with van der Waals surface area (Å²) in [6.45, 7) is 0.627. The molecule has 17 heavy (non-hydrogen) atoms. The number of rotatable bonds is 3. The van der Waals surface area contributed by atoms with E-state index in [9.17, 15) is 0 Å². The maximum Gasteiger partial charge on any atom is 0.0998 e. The molecule has 0 unspecified atom stereocenters. The molecule has 2 rings (SSSR count). The smallest absolute Gasteiger partial charge is 0.0998 e. The van der Waals surface area contributed by atoms with E-state index < -0.39 is 0 Å². The summed E-state index contributed by atoms with van der Waals surface area (Å²) in [5.74, 6) is 0. The standard InChI is InChI=1S/C14H11ClN2/c15-17-10-11-5-7-12(8-6-11)14-4-2-1-3-13(14)9-16/h1-8,17H,10H2. The SMILES string of the molecule is N#Cc1ccccc1-c1ccc(CNCl)cc1. The molecule has 0 aromatic heterocycles.